The van der Waals surface area contributed by atoms with Crippen molar-refractivity contribution in [2.24, 2.45) is 13.0 Å². The zero-order chi connectivity index (χ0) is 13.5. The quantitative estimate of drug-likeness (QED) is 0.740. The first-order chi connectivity index (χ1) is 8.63. The number of aryl methyl sites for hydroxylation is 2. The van der Waals surface area contributed by atoms with Crippen LogP contribution in [-0.2, 0) is 26.4 Å². The third kappa shape index (κ3) is 3.82. The van der Waals surface area contributed by atoms with E-state index in [0.717, 1.165) is 32.4 Å². The Morgan fingerprint density at radius 1 is 1.33 bits per heavy atom. The topological polar surface area (TPSA) is 50.1 Å². The molecule has 1 heterocycles. The lowest BCUT2D eigenvalue weighted by Gasteiger charge is -2.12. The fourth-order valence-corrected chi connectivity index (χ4v) is 2.36. The first kappa shape index (κ1) is 15.2. The van der Waals surface area contributed by atoms with Crippen LogP contribution in [-0.4, -0.2) is 28.0 Å². The Hall–Kier alpha value is -0.870. The van der Waals surface area contributed by atoms with E-state index in [4.69, 9.17) is 5.11 Å². The molecule has 1 aromatic heterocycles. The van der Waals surface area contributed by atoms with E-state index in [1.165, 1.54) is 17.0 Å². The molecule has 0 radical (unpaired) electrons. The Labute approximate surface area is 110 Å². The minimum absolute atomic E-state index is 0.274. The standard InChI is InChI=1S/C14H27N3O/c1-5-13-12(14(6-2)17(4)16-13)10-15-9-11(3)7-8-18/h11,15,18H,5-10H2,1-4H3. The molecule has 18 heavy (non-hydrogen) atoms. The summed E-state index contributed by atoms with van der Waals surface area (Å²) in [5.74, 6) is 0.516. The van der Waals surface area contributed by atoms with Gasteiger partial charge < -0.3 is 10.4 Å². The molecule has 0 aliphatic rings. The maximum Gasteiger partial charge on any atom is 0.0669 e. The molecule has 0 saturated carbocycles. The molecule has 0 fully saturated rings. The fourth-order valence-electron chi connectivity index (χ4n) is 2.36. The smallest absolute Gasteiger partial charge is 0.0669 e. The van der Waals surface area contributed by atoms with Crippen LogP contribution >= 0.6 is 0 Å². The Bertz CT molecular complexity index is 360. The first-order valence-electron chi connectivity index (χ1n) is 6.99. The molecule has 1 unspecified atom stereocenters. The Morgan fingerprint density at radius 3 is 2.61 bits per heavy atom. The summed E-state index contributed by atoms with van der Waals surface area (Å²) >= 11 is 0. The molecule has 4 heteroatoms. The summed E-state index contributed by atoms with van der Waals surface area (Å²) < 4.78 is 2.01. The average molecular weight is 253 g/mol. The van der Waals surface area contributed by atoms with Crippen molar-refractivity contribution in [3.8, 4) is 0 Å². The molecule has 0 aliphatic heterocycles. The largest absolute Gasteiger partial charge is 0.396 e. The van der Waals surface area contributed by atoms with Crippen molar-refractivity contribution in [2.45, 2.75) is 46.6 Å². The van der Waals surface area contributed by atoms with Crippen LogP contribution in [0.4, 0.5) is 0 Å². The summed E-state index contributed by atoms with van der Waals surface area (Å²) in [5.41, 5.74) is 3.89. The van der Waals surface area contributed by atoms with Crippen LogP contribution in [0.3, 0.4) is 0 Å². The SMILES string of the molecule is CCc1nn(C)c(CC)c1CNCC(C)CCO. The van der Waals surface area contributed by atoms with E-state index in [1.54, 1.807) is 0 Å². The second-order valence-corrected chi connectivity index (χ2v) is 4.95. The van der Waals surface area contributed by atoms with Crippen molar-refractivity contribution in [1.82, 2.24) is 15.1 Å². The van der Waals surface area contributed by atoms with Gasteiger partial charge in [-0.2, -0.15) is 5.10 Å². The third-order valence-electron chi connectivity index (χ3n) is 3.44. The summed E-state index contributed by atoms with van der Waals surface area (Å²) in [7, 11) is 2.02. The monoisotopic (exact) mass is 253 g/mol. The Balaban J connectivity index is 2.60. The van der Waals surface area contributed by atoms with Crippen LogP contribution in [0.2, 0.25) is 0 Å². The minimum Gasteiger partial charge on any atom is -0.396 e. The van der Waals surface area contributed by atoms with Gasteiger partial charge in [0.25, 0.3) is 0 Å². The lowest BCUT2D eigenvalue weighted by molar-refractivity contribution is 0.260. The molecule has 2 N–H and O–H groups in total. The van der Waals surface area contributed by atoms with Gasteiger partial charge in [-0.3, -0.25) is 4.68 Å². The highest BCUT2D eigenvalue weighted by atomic mass is 16.3. The van der Waals surface area contributed by atoms with Gasteiger partial charge in [0, 0.05) is 31.5 Å². The normalized spacial score (nSPS) is 12.9. The van der Waals surface area contributed by atoms with Gasteiger partial charge in [-0.15, -0.1) is 0 Å². The molecule has 1 atom stereocenters. The molecule has 104 valence electrons. The summed E-state index contributed by atoms with van der Waals surface area (Å²) in [5, 5.41) is 16.9. The molecular formula is C14H27N3O. The van der Waals surface area contributed by atoms with Gasteiger partial charge >= 0.3 is 0 Å². The number of rotatable bonds is 8. The van der Waals surface area contributed by atoms with E-state index >= 15 is 0 Å². The van der Waals surface area contributed by atoms with Crippen LogP contribution in [0, 0.1) is 5.92 Å². The molecule has 1 aromatic rings. The third-order valence-corrected chi connectivity index (χ3v) is 3.44. The highest BCUT2D eigenvalue weighted by Crippen LogP contribution is 2.15. The molecule has 0 aliphatic carbocycles. The van der Waals surface area contributed by atoms with Gasteiger partial charge in [0.05, 0.1) is 5.69 Å². The van der Waals surface area contributed by atoms with E-state index in [2.05, 4.69) is 31.2 Å². The molecule has 0 aromatic carbocycles. The average Bonchev–Trinajstić information content (AvgIpc) is 2.65. The number of aliphatic hydroxyl groups excluding tert-OH is 1. The van der Waals surface area contributed by atoms with Crippen molar-refractivity contribution in [3.63, 3.8) is 0 Å². The van der Waals surface area contributed by atoms with Gasteiger partial charge in [-0.05, 0) is 31.7 Å². The maximum absolute atomic E-state index is 8.88. The number of nitrogens with one attached hydrogen (secondary N) is 1. The van der Waals surface area contributed by atoms with E-state index < -0.39 is 0 Å². The van der Waals surface area contributed by atoms with E-state index in [-0.39, 0.29) is 6.61 Å². The molecule has 0 saturated heterocycles. The number of hydrogen-bond acceptors (Lipinski definition) is 3. The lowest BCUT2D eigenvalue weighted by atomic mass is 10.1. The van der Waals surface area contributed by atoms with Crippen LogP contribution in [0.5, 0.6) is 0 Å². The van der Waals surface area contributed by atoms with Crippen molar-refractivity contribution in [2.75, 3.05) is 13.2 Å². The predicted octanol–water partition coefficient (Wildman–Crippen LogP) is 1.65. The Morgan fingerprint density at radius 2 is 2.06 bits per heavy atom. The summed E-state index contributed by atoms with van der Waals surface area (Å²) in [6, 6.07) is 0. The molecule has 0 spiro atoms. The second-order valence-electron chi connectivity index (χ2n) is 4.95. The van der Waals surface area contributed by atoms with Gasteiger partial charge in [0.1, 0.15) is 0 Å². The van der Waals surface area contributed by atoms with E-state index in [9.17, 15) is 0 Å². The summed E-state index contributed by atoms with van der Waals surface area (Å²) in [6.07, 6.45) is 2.87. The van der Waals surface area contributed by atoms with Crippen LogP contribution in [0.1, 0.15) is 44.1 Å². The van der Waals surface area contributed by atoms with Gasteiger partial charge in [-0.25, -0.2) is 0 Å². The van der Waals surface area contributed by atoms with Crippen molar-refractivity contribution < 1.29 is 5.11 Å². The molecular weight excluding hydrogens is 226 g/mol. The zero-order valence-electron chi connectivity index (χ0n) is 12.2. The predicted molar refractivity (Wildman–Crippen MR) is 74.5 cm³/mol. The van der Waals surface area contributed by atoms with Gasteiger partial charge in [0.15, 0.2) is 0 Å². The highest BCUT2D eigenvalue weighted by molar-refractivity contribution is 5.26. The molecule has 4 nitrogen and oxygen atoms in total. The van der Waals surface area contributed by atoms with Crippen molar-refractivity contribution in [3.05, 3.63) is 17.0 Å². The minimum atomic E-state index is 0.274. The number of aromatic nitrogens is 2. The summed E-state index contributed by atoms with van der Waals surface area (Å²) in [4.78, 5) is 0. The maximum atomic E-state index is 8.88. The van der Waals surface area contributed by atoms with Gasteiger partial charge in [0.2, 0.25) is 0 Å². The molecule has 0 amide bonds. The van der Waals surface area contributed by atoms with Crippen molar-refractivity contribution in [1.29, 1.82) is 0 Å². The van der Waals surface area contributed by atoms with Crippen LogP contribution in [0.15, 0.2) is 0 Å². The number of aliphatic hydroxyl groups is 1. The molecule has 0 bridgehead atoms. The fraction of sp³-hybridized carbons (Fsp3) is 0.786. The summed E-state index contributed by atoms with van der Waals surface area (Å²) in [6.45, 7) is 8.59. The van der Waals surface area contributed by atoms with Crippen LogP contribution < -0.4 is 5.32 Å². The van der Waals surface area contributed by atoms with Gasteiger partial charge in [-0.1, -0.05) is 20.8 Å². The highest BCUT2D eigenvalue weighted by Gasteiger charge is 2.13. The van der Waals surface area contributed by atoms with Crippen LogP contribution in [0.25, 0.3) is 0 Å². The molecule has 1 rings (SSSR count). The lowest BCUT2D eigenvalue weighted by Crippen LogP contribution is -2.22. The first-order valence-corrected chi connectivity index (χ1v) is 6.99. The number of hydrogen-bond donors (Lipinski definition) is 2. The Kier molecular flexibility index (Phi) is 6.36. The number of nitrogens with zero attached hydrogens (tertiary/aromatic N) is 2. The van der Waals surface area contributed by atoms with E-state index in [1.807, 2.05) is 11.7 Å². The second kappa shape index (κ2) is 7.54. The van der Waals surface area contributed by atoms with Crippen molar-refractivity contribution >= 4 is 0 Å². The van der Waals surface area contributed by atoms with E-state index in [0.29, 0.717) is 5.92 Å². The zero-order valence-corrected chi connectivity index (χ0v) is 12.2.